The SMILES string of the molecule is COC1CN=CC(C2CC(C)C3C(=O)N(C4CN(CC(F)(F)F)C=N4)CC3N2)C1. The molecule has 0 aromatic rings. The molecule has 7 nitrogen and oxygen atoms in total. The normalized spacial score (nSPS) is 40.0. The Morgan fingerprint density at radius 2 is 2.07 bits per heavy atom. The number of ether oxygens (including phenoxy) is 1. The summed E-state index contributed by atoms with van der Waals surface area (Å²) in [5.74, 6) is 0.290. The zero-order valence-corrected chi connectivity index (χ0v) is 16.7. The van der Waals surface area contributed by atoms with Gasteiger partial charge in [-0.25, -0.2) is 4.99 Å². The summed E-state index contributed by atoms with van der Waals surface area (Å²) in [5.41, 5.74) is 0. The lowest BCUT2D eigenvalue weighted by Crippen LogP contribution is -2.55. The summed E-state index contributed by atoms with van der Waals surface area (Å²) in [4.78, 5) is 24.4. The van der Waals surface area contributed by atoms with Crippen LogP contribution in [0.3, 0.4) is 0 Å². The molecule has 0 saturated carbocycles. The number of likely N-dealkylation sites (tertiary alicyclic amines) is 1. The van der Waals surface area contributed by atoms with E-state index in [4.69, 9.17) is 4.74 Å². The fourth-order valence-corrected chi connectivity index (χ4v) is 5.21. The Bertz CT molecular complexity index is 685. The molecular weight excluding hydrogens is 387 g/mol. The Kier molecular flexibility index (Phi) is 5.58. The summed E-state index contributed by atoms with van der Waals surface area (Å²) in [6.07, 6.45) is 0.280. The predicted molar refractivity (Wildman–Crippen MR) is 102 cm³/mol. The Labute approximate surface area is 168 Å². The number of rotatable bonds is 4. The second-order valence-electron chi connectivity index (χ2n) is 8.67. The van der Waals surface area contributed by atoms with Gasteiger partial charge in [0.05, 0.1) is 31.4 Å². The zero-order valence-electron chi connectivity index (χ0n) is 16.7. The first kappa shape index (κ1) is 20.6. The standard InChI is InChI=1S/C19H28F3N5O2/c1-11-3-14(12-4-13(29-2)6-23-5-12)25-15-7-27(18(28)17(11)15)16-8-26(10-24-16)9-19(20,21)22/h5,10-17,25H,3-4,6-9H2,1-2H3. The highest BCUT2D eigenvalue weighted by Crippen LogP contribution is 2.37. The van der Waals surface area contributed by atoms with Gasteiger partial charge in [0, 0.05) is 37.9 Å². The van der Waals surface area contributed by atoms with E-state index in [1.54, 1.807) is 12.0 Å². The number of piperidine rings is 1. The molecule has 0 aliphatic carbocycles. The maximum Gasteiger partial charge on any atom is 0.405 e. The number of nitrogens with one attached hydrogen (secondary N) is 1. The quantitative estimate of drug-likeness (QED) is 0.748. The Balaban J connectivity index is 1.40. The van der Waals surface area contributed by atoms with Gasteiger partial charge >= 0.3 is 6.18 Å². The van der Waals surface area contributed by atoms with E-state index in [2.05, 4.69) is 22.2 Å². The van der Waals surface area contributed by atoms with Crippen molar-refractivity contribution < 1.29 is 22.7 Å². The molecule has 0 bridgehead atoms. The third-order valence-electron chi connectivity index (χ3n) is 6.60. The summed E-state index contributed by atoms with van der Waals surface area (Å²) >= 11 is 0. The van der Waals surface area contributed by atoms with Crippen LogP contribution in [0.2, 0.25) is 0 Å². The van der Waals surface area contributed by atoms with Crippen LogP contribution in [0, 0.1) is 17.8 Å². The van der Waals surface area contributed by atoms with Crippen LogP contribution in [0.1, 0.15) is 19.8 Å². The van der Waals surface area contributed by atoms with E-state index in [1.807, 2.05) is 6.21 Å². The van der Waals surface area contributed by atoms with Gasteiger partial charge in [-0.3, -0.25) is 9.79 Å². The smallest absolute Gasteiger partial charge is 0.380 e. The second kappa shape index (κ2) is 7.86. The van der Waals surface area contributed by atoms with Gasteiger partial charge in [0.25, 0.3) is 0 Å². The van der Waals surface area contributed by atoms with Crippen molar-refractivity contribution in [3.8, 4) is 0 Å². The van der Waals surface area contributed by atoms with Gasteiger partial charge in [-0.1, -0.05) is 6.92 Å². The van der Waals surface area contributed by atoms with Gasteiger partial charge in [0.1, 0.15) is 12.7 Å². The van der Waals surface area contributed by atoms with Crippen molar-refractivity contribution in [2.24, 2.45) is 27.7 Å². The summed E-state index contributed by atoms with van der Waals surface area (Å²) in [6.45, 7) is 2.30. The number of carbonyl (C=O) groups excluding carboxylic acids is 1. The third-order valence-corrected chi connectivity index (χ3v) is 6.60. The topological polar surface area (TPSA) is 69.5 Å². The van der Waals surface area contributed by atoms with E-state index in [9.17, 15) is 18.0 Å². The molecule has 10 heteroatoms. The fourth-order valence-electron chi connectivity index (χ4n) is 5.21. The van der Waals surface area contributed by atoms with Gasteiger partial charge in [0.2, 0.25) is 5.91 Å². The van der Waals surface area contributed by atoms with Crippen molar-refractivity contribution >= 4 is 18.5 Å². The molecule has 4 heterocycles. The minimum Gasteiger partial charge on any atom is -0.380 e. The van der Waals surface area contributed by atoms with Crippen molar-refractivity contribution in [2.75, 3.05) is 33.3 Å². The minimum absolute atomic E-state index is 0.00321. The van der Waals surface area contributed by atoms with Crippen LogP contribution >= 0.6 is 0 Å². The van der Waals surface area contributed by atoms with E-state index in [-0.39, 0.29) is 48.4 Å². The molecule has 162 valence electrons. The van der Waals surface area contributed by atoms with E-state index >= 15 is 0 Å². The van der Waals surface area contributed by atoms with Crippen LogP contribution in [0.4, 0.5) is 13.2 Å². The number of carbonyl (C=O) groups is 1. The number of hydrogen-bond donors (Lipinski definition) is 1. The number of amides is 1. The summed E-state index contributed by atoms with van der Waals surface area (Å²) in [7, 11) is 1.70. The van der Waals surface area contributed by atoms with E-state index < -0.39 is 18.9 Å². The largest absolute Gasteiger partial charge is 0.405 e. The van der Waals surface area contributed by atoms with E-state index in [0.29, 0.717) is 13.1 Å². The molecule has 7 atom stereocenters. The van der Waals surface area contributed by atoms with Crippen molar-refractivity contribution in [3.63, 3.8) is 0 Å². The van der Waals surface area contributed by atoms with Gasteiger partial charge in [-0.2, -0.15) is 13.2 Å². The predicted octanol–water partition coefficient (Wildman–Crippen LogP) is 1.15. The zero-order chi connectivity index (χ0) is 20.8. The average Bonchev–Trinajstić information content (AvgIpc) is 3.24. The van der Waals surface area contributed by atoms with Crippen molar-refractivity contribution in [3.05, 3.63) is 0 Å². The van der Waals surface area contributed by atoms with Gasteiger partial charge < -0.3 is 19.9 Å². The summed E-state index contributed by atoms with van der Waals surface area (Å²) in [5, 5.41) is 3.64. The van der Waals surface area contributed by atoms with Crippen LogP contribution in [-0.2, 0) is 9.53 Å². The van der Waals surface area contributed by atoms with Gasteiger partial charge in [-0.15, -0.1) is 0 Å². The molecule has 29 heavy (non-hydrogen) atoms. The monoisotopic (exact) mass is 415 g/mol. The third kappa shape index (κ3) is 4.28. The lowest BCUT2D eigenvalue weighted by Gasteiger charge is -2.40. The maximum atomic E-state index is 13.0. The van der Waals surface area contributed by atoms with Crippen LogP contribution in [0.15, 0.2) is 9.98 Å². The molecule has 4 rings (SSSR count). The fraction of sp³-hybridized carbons (Fsp3) is 0.842. The number of halogens is 3. The first-order valence-electron chi connectivity index (χ1n) is 10.2. The number of nitrogens with zero attached hydrogens (tertiary/aromatic N) is 4. The van der Waals surface area contributed by atoms with Crippen LogP contribution in [0.25, 0.3) is 0 Å². The molecule has 2 fully saturated rings. The first-order chi connectivity index (χ1) is 13.7. The molecule has 1 amide bonds. The lowest BCUT2D eigenvalue weighted by molar-refractivity contribution is -0.139. The molecule has 4 aliphatic rings. The Morgan fingerprint density at radius 3 is 2.79 bits per heavy atom. The van der Waals surface area contributed by atoms with Crippen molar-refractivity contribution in [2.45, 2.75) is 50.3 Å². The molecule has 7 unspecified atom stereocenters. The molecule has 0 aromatic heterocycles. The van der Waals surface area contributed by atoms with Gasteiger partial charge in [-0.05, 0) is 18.8 Å². The van der Waals surface area contributed by atoms with Gasteiger partial charge in [0.15, 0.2) is 0 Å². The number of hydrogen-bond acceptors (Lipinski definition) is 6. The number of alkyl halides is 3. The lowest BCUT2D eigenvalue weighted by atomic mass is 9.76. The summed E-state index contributed by atoms with van der Waals surface area (Å²) in [6, 6.07) is 0.203. The van der Waals surface area contributed by atoms with Crippen LogP contribution < -0.4 is 5.32 Å². The minimum atomic E-state index is -4.28. The summed E-state index contributed by atoms with van der Waals surface area (Å²) < 4.78 is 43.4. The number of methoxy groups -OCH3 is 1. The molecule has 0 spiro atoms. The highest BCUT2D eigenvalue weighted by molar-refractivity contribution is 5.83. The number of fused-ring (bicyclic) bond motifs is 1. The Morgan fingerprint density at radius 1 is 1.28 bits per heavy atom. The average molecular weight is 415 g/mol. The first-order valence-corrected chi connectivity index (χ1v) is 10.2. The van der Waals surface area contributed by atoms with E-state index in [1.165, 1.54) is 6.34 Å². The van der Waals surface area contributed by atoms with Crippen molar-refractivity contribution in [1.29, 1.82) is 0 Å². The molecule has 0 aromatic carbocycles. The molecule has 2 saturated heterocycles. The molecule has 4 aliphatic heterocycles. The molecular formula is C19H28F3N5O2. The van der Waals surface area contributed by atoms with Crippen molar-refractivity contribution in [1.82, 2.24) is 15.1 Å². The second-order valence-corrected chi connectivity index (χ2v) is 8.67. The van der Waals surface area contributed by atoms with Crippen LogP contribution in [0.5, 0.6) is 0 Å². The van der Waals surface area contributed by atoms with E-state index in [0.717, 1.165) is 17.7 Å². The van der Waals surface area contributed by atoms with Crippen LogP contribution in [-0.4, -0.2) is 92.1 Å². The highest BCUT2D eigenvalue weighted by Gasteiger charge is 2.51. The maximum absolute atomic E-state index is 13.0. The highest BCUT2D eigenvalue weighted by atomic mass is 19.4. The molecule has 0 radical (unpaired) electrons. The number of aliphatic imine (C=N–C) groups is 2. The molecule has 1 N–H and O–H groups in total. The Hall–Kier alpha value is -1.68.